The van der Waals surface area contributed by atoms with E-state index >= 15 is 0 Å². The summed E-state index contributed by atoms with van der Waals surface area (Å²) in [5, 5.41) is 9.70. The number of benzene rings is 1. The number of nitrogens with zero attached hydrogens (tertiary/aromatic N) is 2. The first-order valence-electron chi connectivity index (χ1n) is 9.31. The van der Waals surface area contributed by atoms with Crippen LogP contribution in [0.15, 0.2) is 12.1 Å². The molecule has 0 saturated carbocycles. The van der Waals surface area contributed by atoms with Crippen molar-refractivity contribution >= 4 is 17.5 Å². The molecular formula is C19H29ClN2O5. The van der Waals surface area contributed by atoms with Crippen molar-refractivity contribution in [3.63, 3.8) is 0 Å². The van der Waals surface area contributed by atoms with E-state index < -0.39 is 0 Å². The van der Waals surface area contributed by atoms with Gasteiger partial charge < -0.3 is 24.2 Å². The van der Waals surface area contributed by atoms with Gasteiger partial charge in [-0.1, -0.05) is 18.5 Å². The highest BCUT2D eigenvalue weighted by atomic mass is 35.5. The van der Waals surface area contributed by atoms with Crippen molar-refractivity contribution in [2.75, 3.05) is 66.3 Å². The summed E-state index contributed by atoms with van der Waals surface area (Å²) in [6, 6.07) is 3.23. The number of rotatable bonds is 10. The average molecular weight is 401 g/mol. The maximum atomic E-state index is 13.0. The van der Waals surface area contributed by atoms with E-state index in [1.165, 1.54) is 7.11 Å². The molecule has 27 heavy (non-hydrogen) atoms. The van der Waals surface area contributed by atoms with Crippen LogP contribution in [0.5, 0.6) is 11.5 Å². The lowest BCUT2D eigenvalue weighted by atomic mass is 10.1. The van der Waals surface area contributed by atoms with Gasteiger partial charge in [-0.15, -0.1) is 0 Å². The summed E-state index contributed by atoms with van der Waals surface area (Å²) in [7, 11) is 1.52. The first-order chi connectivity index (χ1) is 13.1. The summed E-state index contributed by atoms with van der Waals surface area (Å²) in [6.07, 6.45) is 0.839. The molecule has 1 saturated heterocycles. The van der Waals surface area contributed by atoms with Crippen LogP contribution in [-0.4, -0.2) is 87.1 Å². The summed E-state index contributed by atoms with van der Waals surface area (Å²) >= 11 is 6.33. The van der Waals surface area contributed by atoms with Crippen molar-refractivity contribution in [1.29, 1.82) is 0 Å². The number of aliphatic hydroxyl groups excluding tert-OH is 1. The second-order valence-electron chi connectivity index (χ2n) is 6.31. The number of morpholine rings is 1. The Morgan fingerprint density at radius 1 is 1.33 bits per heavy atom. The molecule has 7 nitrogen and oxygen atoms in total. The fourth-order valence-electron chi connectivity index (χ4n) is 2.89. The van der Waals surface area contributed by atoms with E-state index in [4.69, 9.17) is 25.8 Å². The molecule has 0 unspecified atom stereocenters. The number of hydrogen-bond donors (Lipinski definition) is 1. The molecule has 1 N–H and O–H groups in total. The van der Waals surface area contributed by atoms with Gasteiger partial charge in [0.05, 0.1) is 38.6 Å². The lowest BCUT2D eigenvalue weighted by molar-refractivity contribution is 0.0315. The Labute approximate surface area is 165 Å². The summed E-state index contributed by atoms with van der Waals surface area (Å²) < 4.78 is 16.3. The Bertz CT molecular complexity index is 608. The van der Waals surface area contributed by atoms with Crippen LogP contribution in [0.2, 0.25) is 5.02 Å². The molecule has 1 fully saturated rings. The van der Waals surface area contributed by atoms with Gasteiger partial charge in [0.1, 0.15) is 0 Å². The van der Waals surface area contributed by atoms with Gasteiger partial charge in [-0.2, -0.15) is 0 Å². The van der Waals surface area contributed by atoms with Crippen molar-refractivity contribution in [2.24, 2.45) is 0 Å². The van der Waals surface area contributed by atoms with E-state index in [1.807, 2.05) is 6.92 Å². The van der Waals surface area contributed by atoms with E-state index in [-0.39, 0.29) is 19.1 Å². The molecule has 1 aliphatic rings. The molecule has 8 heteroatoms. The minimum atomic E-state index is -0.195. The zero-order chi connectivity index (χ0) is 19.6. The van der Waals surface area contributed by atoms with E-state index in [2.05, 4.69) is 4.90 Å². The summed E-state index contributed by atoms with van der Waals surface area (Å²) in [4.78, 5) is 16.8. The van der Waals surface area contributed by atoms with Crippen LogP contribution in [0.25, 0.3) is 0 Å². The molecule has 1 aliphatic heterocycles. The third-order valence-corrected chi connectivity index (χ3v) is 4.65. The zero-order valence-corrected chi connectivity index (χ0v) is 16.8. The normalized spacial score (nSPS) is 14.8. The number of hydrogen-bond acceptors (Lipinski definition) is 6. The number of aliphatic hydroxyl groups is 1. The highest BCUT2D eigenvalue weighted by molar-refractivity contribution is 6.32. The van der Waals surface area contributed by atoms with Crippen LogP contribution in [0.4, 0.5) is 0 Å². The number of methoxy groups -OCH3 is 1. The Kier molecular flexibility index (Phi) is 9.14. The van der Waals surface area contributed by atoms with Crippen LogP contribution in [0, 0.1) is 0 Å². The second kappa shape index (κ2) is 11.3. The van der Waals surface area contributed by atoms with E-state index in [0.717, 1.165) is 26.1 Å². The number of carbonyl (C=O) groups is 1. The van der Waals surface area contributed by atoms with Crippen molar-refractivity contribution in [1.82, 2.24) is 9.80 Å². The lowest BCUT2D eigenvalue weighted by Crippen LogP contribution is -2.43. The molecule has 1 aromatic carbocycles. The van der Waals surface area contributed by atoms with E-state index in [0.29, 0.717) is 48.5 Å². The molecule has 1 aromatic rings. The smallest absolute Gasteiger partial charge is 0.254 e. The molecule has 1 heterocycles. The first kappa shape index (κ1) is 21.8. The van der Waals surface area contributed by atoms with Crippen molar-refractivity contribution in [2.45, 2.75) is 13.3 Å². The zero-order valence-electron chi connectivity index (χ0n) is 16.1. The van der Waals surface area contributed by atoms with Crippen molar-refractivity contribution < 1.29 is 24.1 Å². The van der Waals surface area contributed by atoms with Gasteiger partial charge in [0.25, 0.3) is 5.91 Å². The van der Waals surface area contributed by atoms with Crippen molar-refractivity contribution in [3.05, 3.63) is 22.7 Å². The third kappa shape index (κ3) is 6.24. The van der Waals surface area contributed by atoms with Gasteiger partial charge in [0, 0.05) is 38.3 Å². The molecule has 152 valence electrons. The molecular weight excluding hydrogens is 372 g/mol. The largest absolute Gasteiger partial charge is 0.493 e. The molecule has 2 rings (SSSR count). The quantitative estimate of drug-likeness (QED) is 0.646. The van der Waals surface area contributed by atoms with Crippen LogP contribution < -0.4 is 9.47 Å². The van der Waals surface area contributed by atoms with Gasteiger partial charge in [0.2, 0.25) is 0 Å². The van der Waals surface area contributed by atoms with E-state index in [1.54, 1.807) is 17.0 Å². The molecule has 0 atom stereocenters. The Morgan fingerprint density at radius 2 is 2.07 bits per heavy atom. The predicted octanol–water partition coefficient (Wildman–Crippen LogP) is 1.90. The maximum absolute atomic E-state index is 13.0. The van der Waals surface area contributed by atoms with Gasteiger partial charge >= 0.3 is 0 Å². The molecule has 0 radical (unpaired) electrons. The third-order valence-electron chi connectivity index (χ3n) is 4.37. The van der Waals surface area contributed by atoms with Crippen LogP contribution in [0.1, 0.15) is 23.7 Å². The molecule has 0 bridgehead atoms. The van der Waals surface area contributed by atoms with Crippen LogP contribution in [-0.2, 0) is 4.74 Å². The average Bonchev–Trinajstić information content (AvgIpc) is 2.69. The number of ether oxygens (including phenoxy) is 3. The maximum Gasteiger partial charge on any atom is 0.254 e. The summed E-state index contributed by atoms with van der Waals surface area (Å²) in [5.74, 6) is 0.676. The van der Waals surface area contributed by atoms with E-state index in [9.17, 15) is 9.90 Å². The Morgan fingerprint density at radius 3 is 2.70 bits per heavy atom. The Balaban J connectivity index is 2.12. The number of halogens is 1. The molecule has 1 amide bonds. The van der Waals surface area contributed by atoms with Crippen LogP contribution >= 0.6 is 11.6 Å². The van der Waals surface area contributed by atoms with Gasteiger partial charge in [-0.25, -0.2) is 0 Å². The topological polar surface area (TPSA) is 71.5 Å². The fraction of sp³-hybridized carbons (Fsp3) is 0.632. The van der Waals surface area contributed by atoms with Crippen LogP contribution in [0.3, 0.4) is 0 Å². The second-order valence-corrected chi connectivity index (χ2v) is 6.71. The SMILES string of the molecule is CCCOc1c(Cl)cc(C(=O)N(CCO)CCN2CCOCC2)cc1OC. The van der Waals surface area contributed by atoms with Gasteiger partial charge in [0.15, 0.2) is 11.5 Å². The van der Waals surface area contributed by atoms with Crippen molar-refractivity contribution in [3.8, 4) is 11.5 Å². The highest BCUT2D eigenvalue weighted by Crippen LogP contribution is 2.36. The van der Waals surface area contributed by atoms with Gasteiger partial charge in [-0.05, 0) is 18.6 Å². The molecule has 0 aromatic heterocycles. The monoisotopic (exact) mass is 400 g/mol. The molecule has 0 spiro atoms. The number of amides is 1. The standard InChI is InChI=1S/C19H29ClN2O5/c1-3-10-27-18-16(20)13-15(14-17(18)25-2)19(24)22(6-9-23)5-4-21-7-11-26-12-8-21/h13-14,23H,3-12H2,1-2H3. The predicted molar refractivity (Wildman–Crippen MR) is 104 cm³/mol. The fourth-order valence-corrected chi connectivity index (χ4v) is 3.16. The minimum Gasteiger partial charge on any atom is -0.493 e. The summed E-state index contributed by atoms with van der Waals surface area (Å²) in [6.45, 7) is 7.05. The molecule has 0 aliphatic carbocycles. The number of carbonyl (C=O) groups excluding carboxylic acids is 1. The van der Waals surface area contributed by atoms with Gasteiger partial charge in [-0.3, -0.25) is 9.69 Å². The first-order valence-corrected chi connectivity index (χ1v) is 9.69. The minimum absolute atomic E-state index is 0.0998. The highest BCUT2D eigenvalue weighted by Gasteiger charge is 2.21. The Hall–Kier alpha value is -1.54. The lowest BCUT2D eigenvalue weighted by Gasteiger charge is -2.30. The summed E-state index contributed by atoms with van der Waals surface area (Å²) in [5.41, 5.74) is 0.413.